The highest BCUT2D eigenvalue weighted by Crippen LogP contribution is 2.25. The van der Waals surface area contributed by atoms with Crippen LogP contribution in [0.1, 0.15) is 10.4 Å². The van der Waals surface area contributed by atoms with E-state index in [1.165, 1.54) is 10.9 Å². The highest BCUT2D eigenvalue weighted by Gasteiger charge is 2.20. The lowest BCUT2D eigenvalue weighted by atomic mass is 10.2. The molecule has 0 aliphatic heterocycles. The average molecular weight is 303 g/mol. The number of carboxylic acids is 1. The van der Waals surface area contributed by atoms with Crippen molar-refractivity contribution in [1.82, 2.24) is 19.6 Å². The van der Waals surface area contributed by atoms with E-state index < -0.39 is 5.97 Å². The average Bonchev–Trinajstić information content (AvgIpc) is 3.05. The molecule has 1 N–H and O–H groups in total. The molecule has 0 radical (unpaired) electrons. The number of nitrogens with zero attached hydrogens (tertiary/aromatic N) is 4. The first kappa shape index (κ1) is 13.4. The van der Waals surface area contributed by atoms with Crippen LogP contribution in [0.2, 0.25) is 5.02 Å². The minimum atomic E-state index is -1.05. The molecule has 2 aromatic heterocycles. The van der Waals surface area contributed by atoms with E-state index in [1.54, 1.807) is 42.2 Å². The van der Waals surface area contributed by atoms with Gasteiger partial charge in [0.2, 0.25) is 0 Å². The van der Waals surface area contributed by atoms with Crippen LogP contribution in [0, 0.1) is 0 Å². The quantitative estimate of drug-likeness (QED) is 0.807. The fraction of sp³-hybridized carbons (Fsp3) is 0.0714. The maximum Gasteiger partial charge on any atom is 0.339 e. The predicted molar refractivity (Wildman–Crippen MR) is 77.7 cm³/mol. The minimum absolute atomic E-state index is 0.0959. The Kier molecular flexibility index (Phi) is 3.23. The molecule has 6 nitrogen and oxygen atoms in total. The Hall–Kier alpha value is -2.60. The van der Waals surface area contributed by atoms with Crippen LogP contribution in [0.3, 0.4) is 0 Å². The number of carboxylic acid groups (broad SMARTS) is 1. The van der Waals surface area contributed by atoms with Crippen molar-refractivity contribution in [3.8, 4) is 17.1 Å². The van der Waals surface area contributed by atoms with Gasteiger partial charge in [0.05, 0.1) is 16.4 Å². The van der Waals surface area contributed by atoms with E-state index >= 15 is 0 Å². The van der Waals surface area contributed by atoms with Crippen molar-refractivity contribution >= 4 is 17.6 Å². The monoisotopic (exact) mass is 302 g/mol. The molecule has 0 bridgehead atoms. The van der Waals surface area contributed by atoms with Crippen LogP contribution >= 0.6 is 11.6 Å². The Morgan fingerprint density at radius 3 is 2.67 bits per heavy atom. The number of rotatable bonds is 3. The fourth-order valence-corrected chi connectivity index (χ4v) is 2.31. The first-order valence-corrected chi connectivity index (χ1v) is 6.52. The lowest BCUT2D eigenvalue weighted by Crippen LogP contribution is -2.00. The summed E-state index contributed by atoms with van der Waals surface area (Å²) in [5.41, 5.74) is 1.69. The van der Waals surface area contributed by atoms with Gasteiger partial charge < -0.3 is 5.11 Å². The second kappa shape index (κ2) is 5.06. The summed E-state index contributed by atoms with van der Waals surface area (Å²) in [6, 6.07) is 8.82. The zero-order valence-electron chi connectivity index (χ0n) is 11.1. The molecule has 0 aliphatic carbocycles. The summed E-state index contributed by atoms with van der Waals surface area (Å²) >= 11 is 6.13. The van der Waals surface area contributed by atoms with Crippen molar-refractivity contribution in [3.05, 3.63) is 53.3 Å². The highest BCUT2D eigenvalue weighted by molar-refractivity contribution is 6.32. The van der Waals surface area contributed by atoms with Crippen LogP contribution in [0.25, 0.3) is 17.1 Å². The highest BCUT2D eigenvalue weighted by atomic mass is 35.5. The van der Waals surface area contributed by atoms with E-state index in [4.69, 9.17) is 11.6 Å². The molecule has 0 amide bonds. The van der Waals surface area contributed by atoms with Gasteiger partial charge >= 0.3 is 5.97 Å². The van der Waals surface area contributed by atoms with Crippen molar-refractivity contribution in [1.29, 1.82) is 0 Å². The van der Waals surface area contributed by atoms with E-state index in [0.717, 1.165) is 0 Å². The van der Waals surface area contributed by atoms with E-state index in [-0.39, 0.29) is 5.56 Å². The molecule has 3 aromatic rings. The number of aromatic nitrogens is 4. The Morgan fingerprint density at radius 1 is 1.29 bits per heavy atom. The molecule has 21 heavy (non-hydrogen) atoms. The molecule has 2 heterocycles. The number of halogens is 1. The molecule has 3 rings (SSSR count). The second-order valence-electron chi connectivity index (χ2n) is 4.43. The van der Waals surface area contributed by atoms with Gasteiger partial charge in [-0.3, -0.25) is 4.68 Å². The Labute approximate surface area is 125 Å². The minimum Gasteiger partial charge on any atom is -0.478 e. The van der Waals surface area contributed by atoms with Crippen molar-refractivity contribution in [3.63, 3.8) is 0 Å². The molecule has 1 aromatic carbocycles. The van der Waals surface area contributed by atoms with Crippen LogP contribution < -0.4 is 0 Å². The van der Waals surface area contributed by atoms with Crippen LogP contribution in [-0.4, -0.2) is 30.6 Å². The van der Waals surface area contributed by atoms with Crippen LogP contribution in [0.4, 0.5) is 0 Å². The van der Waals surface area contributed by atoms with Crippen LogP contribution in [0.15, 0.2) is 42.7 Å². The molecule has 0 unspecified atom stereocenters. The smallest absolute Gasteiger partial charge is 0.339 e. The van der Waals surface area contributed by atoms with Gasteiger partial charge in [-0.05, 0) is 18.2 Å². The van der Waals surface area contributed by atoms with E-state index in [9.17, 15) is 9.90 Å². The largest absolute Gasteiger partial charge is 0.478 e. The Bertz CT molecular complexity index is 822. The summed E-state index contributed by atoms with van der Waals surface area (Å²) in [7, 11) is 1.73. The SMILES string of the molecule is Cn1nccc1-c1nn(-c2ccccc2Cl)cc1C(=O)O. The van der Waals surface area contributed by atoms with Gasteiger partial charge in [-0.15, -0.1) is 0 Å². The summed E-state index contributed by atoms with van der Waals surface area (Å²) in [5, 5.41) is 18.3. The lowest BCUT2D eigenvalue weighted by Gasteiger charge is -2.03. The molecule has 0 atom stereocenters. The number of aryl methyl sites for hydroxylation is 1. The third-order valence-electron chi connectivity index (χ3n) is 3.11. The van der Waals surface area contributed by atoms with Gasteiger partial charge in [0.15, 0.2) is 0 Å². The summed E-state index contributed by atoms with van der Waals surface area (Å²) in [4.78, 5) is 11.4. The number of para-hydroxylation sites is 1. The first-order chi connectivity index (χ1) is 10.1. The third kappa shape index (κ3) is 2.30. The zero-order valence-corrected chi connectivity index (χ0v) is 11.8. The van der Waals surface area contributed by atoms with Gasteiger partial charge in [-0.1, -0.05) is 23.7 Å². The van der Waals surface area contributed by atoms with E-state index in [0.29, 0.717) is 22.1 Å². The van der Waals surface area contributed by atoms with Gasteiger partial charge in [0, 0.05) is 19.4 Å². The number of aromatic carboxylic acids is 1. The van der Waals surface area contributed by atoms with Gasteiger partial charge in [0.1, 0.15) is 11.3 Å². The molecule has 106 valence electrons. The molecule has 0 saturated heterocycles. The summed E-state index contributed by atoms with van der Waals surface area (Å²) in [6.45, 7) is 0. The normalized spacial score (nSPS) is 10.8. The topological polar surface area (TPSA) is 72.9 Å². The first-order valence-electron chi connectivity index (χ1n) is 6.14. The predicted octanol–water partition coefficient (Wildman–Crippen LogP) is 2.62. The van der Waals surface area contributed by atoms with Gasteiger partial charge in [-0.25, -0.2) is 9.48 Å². The molecule has 0 fully saturated rings. The summed E-state index contributed by atoms with van der Waals surface area (Å²) < 4.78 is 3.04. The molecule has 0 saturated carbocycles. The molecule has 0 aliphatic rings. The van der Waals surface area contributed by atoms with E-state index in [2.05, 4.69) is 10.2 Å². The van der Waals surface area contributed by atoms with E-state index in [1.807, 2.05) is 6.07 Å². The maximum atomic E-state index is 11.4. The van der Waals surface area contributed by atoms with Crippen molar-refractivity contribution in [2.45, 2.75) is 0 Å². The van der Waals surface area contributed by atoms with Crippen molar-refractivity contribution < 1.29 is 9.90 Å². The Balaban J connectivity index is 2.21. The molecule has 7 heteroatoms. The van der Waals surface area contributed by atoms with Gasteiger partial charge in [-0.2, -0.15) is 10.2 Å². The summed E-state index contributed by atoms with van der Waals surface area (Å²) in [5.74, 6) is -1.05. The zero-order chi connectivity index (χ0) is 15.0. The van der Waals surface area contributed by atoms with Crippen LogP contribution in [-0.2, 0) is 7.05 Å². The van der Waals surface area contributed by atoms with Crippen LogP contribution in [0.5, 0.6) is 0 Å². The standard InChI is InChI=1S/C14H11ClN4O2/c1-18-12(6-7-16-18)13-9(14(20)21)8-19(17-13)11-5-3-2-4-10(11)15/h2-8H,1H3,(H,20,21). The fourth-order valence-electron chi connectivity index (χ4n) is 2.09. The third-order valence-corrected chi connectivity index (χ3v) is 3.43. The maximum absolute atomic E-state index is 11.4. The number of benzene rings is 1. The summed E-state index contributed by atoms with van der Waals surface area (Å²) in [6.07, 6.45) is 3.04. The van der Waals surface area contributed by atoms with Crippen molar-refractivity contribution in [2.75, 3.05) is 0 Å². The number of hydrogen-bond acceptors (Lipinski definition) is 3. The number of hydrogen-bond donors (Lipinski definition) is 1. The molecular formula is C14H11ClN4O2. The number of carbonyl (C=O) groups is 1. The second-order valence-corrected chi connectivity index (χ2v) is 4.84. The Morgan fingerprint density at radius 2 is 2.05 bits per heavy atom. The lowest BCUT2D eigenvalue weighted by molar-refractivity contribution is 0.0697. The van der Waals surface area contributed by atoms with Crippen molar-refractivity contribution in [2.24, 2.45) is 7.05 Å². The molecule has 0 spiro atoms. The molecular weight excluding hydrogens is 292 g/mol. The van der Waals surface area contributed by atoms with Gasteiger partial charge in [0.25, 0.3) is 0 Å².